The number of aromatic carboxylic acids is 1. The normalized spacial score (nSPS) is 10.4. The van der Waals surface area contributed by atoms with Crippen LogP contribution in [0.4, 0.5) is 8.78 Å². The molecule has 1 aromatic heterocycles. The van der Waals surface area contributed by atoms with Gasteiger partial charge in [-0.2, -0.15) is 9.49 Å². The average Bonchev–Trinajstić information content (AvgIpc) is 2.61. The third-order valence-electron chi connectivity index (χ3n) is 2.02. The minimum atomic E-state index is -1.44. The quantitative estimate of drug-likeness (QED) is 0.846. The zero-order chi connectivity index (χ0) is 11.7. The van der Waals surface area contributed by atoms with Crippen molar-refractivity contribution in [3.63, 3.8) is 0 Å². The van der Waals surface area contributed by atoms with E-state index < -0.39 is 23.3 Å². The minimum absolute atomic E-state index is 0.132. The van der Waals surface area contributed by atoms with Gasteiger partial charge in [0.25, 0.3) is 0 Å². The Bertz CT molecular complexity index is 552. The topological polar surface area (TPSA) is 55.1 Å². The van der Waals surface area contributed by atoms with Gasteiger partial charge in [0, 0.05) is 0 Å². The van der Waals surface area contributed by atoms with Crippen LogP contribution in [0.1, 0.15) is 10.4 Å². The first-order chi connectivity index (χ1) is 7.61. The Balaban J connectivity index is 2.58. The molecule has 0 aliphatic rings. The van der Waals surface area contributed by atoms with Crippen LogP contribution in [-0.4, -0.2) is 20.9 Å². The van der Waals surface area contributed by atoms with E-state index in [1.807, 2.05) is 0 Å². The number of hydrogen-bond acceptors (Lipinski definition) is 2. The highest BCUT2D eigenvalue weighted by atomic mass is 19.1. The number of hydrogen-bond donors (Lipinski definition) is 1. The van der Waals surface area contributed by atoms with Crippen LogP contribution in [0.15, 0.2) is 30.5 Å². The van der Waals surface area contributed by atoms with Crippen molar-refractivity contribution in [2.75, 3.05) is 0 Å². The van der Waals surface area contributed by atoms with Crippen LogP contribution in [0.3, 0.4) is 0 Å². The number of aromatic nitrogens is 2. The molecule has 0 aliphatic heterocycles. The van der Waals surface area contributed by atoms with E-state index in [1.165, 1.54) is 18.2 Å². The van der Waals surface area contributed by atoms with Gasteiger partial charge in [0.1, 0.15) is 17.1 Å². The largest absolute Gasteiger partial charge is 0.477 e. The summed E-state index contributed by atoms with van der Waals surface area (Å²) >= 11 is 0. The zero-order valence-electron chi connectivity index (χ0n) is 7.89. The van der Waals surface area contributed by atoms with Crippen molar-refractivity contribution in [2.24, 2.45) is 0 Å². The van der Waals surface area contributed by atoms with E-state index in [9.17, 15) is 13.6 Å². The van der Waals surface area contributed by atoms with Gasteiger partial charge in [-0.05, 0) is 12.1 Å². The molecule has 2 rings (SSSR count). The third kappa shape index (κ3) is 1.54. The first kappa shape index (κ1) is 10.3. The maximum Gasteiger partial charge on any atom is 0.342 e. The van der Waals surface area contributed by atoms with Gasteiger partial charge < -0.3 is 5.11 Å². The van der Waals surface area contributed by atoms with Crippen molar-refractivity contribution in [2.45, 2.75) is 0 Å². The predicted molar refractivity (Wildman–Crippen MR) is 50.4 cm³/mol. The molecule has 6 heteroatoms. The van der Waals surface area contributed by atoms with Crippen molar-refractivity contribution in [1.82, 2.24) is 9.78 Å². The van der Waals surface area contributed by atoms with E-state index in [1.54, 1.807) is 0 Å². The number of para-hydroxylation sites is 1. The molecule has 0 spiro atoms. The average molecular weight is 224 g/mol. The molecule has 0 saturated carbocycles. The van der Waals surface area contributed by atoms with Crippen LogP contribution < -0.4 is 0 Å². The highest BCUT2D eigenvalue weighted by molar-refractivity contribution is 5.87. The second kappa shape index (κ2) is 3.73. The van der Waals surface area contributed by atoms with Gasteiger partial charge >= 0.3 is 5.97 Å². The fourth-order valence-electron chi connectivity index (χ4n) is 1.27. The lowest BCUT2D eigenvalue weighted by Crippen LogP contribution is -2.05. The van der Waals surface area contributed by atoms with Crippen molar-refractivity contribution >= 4 is 5.97 Å². The van der Waals surface area contributed by atoms with Crippen molar-refractivity contribution < 1.29 is 18.7 Å². The molecule has 1 N–H and O–H groups in total. The number of carboxylic acid groups (broad SMARTS) is 1. The zero-order valence-corrected chi connectivity index (χ0v) is 7.89. The first-order valence-electron chi connectivity index (χ1n) is 4.33. The molecule has 82 valence electrons. The Morgan fingerprint density at radius 3 is 2.56 bits per heavy atom. The SMILES string of the molecule is O=C(O)c1cnn(-c2ccccc2F)c1F. The summed E-state index contributed by atoms with van der Waals surface area (Å²) in [5, 5.41) is 12.1. The number of nitrogens with zero attached hydrogens (tertiary/aromatic N) is 2. The maximum absolute atomic E-state index is 13.5. The van der Waals surface area contributed by atoms with Gasteiger partial charge in [0.15, 0.2) is 0 Å². The number of rotatable bonds is 2. The lowest BCUT2D eigenvalue weighted by molar-refractivity contribution is 0.0691. The van der Waals surface area contributed by atoms with E-state index in [0.717, 1.165) is 12.3 Å². The summed E-state index contributed by atoms with van der Waals surface area (Å²) in [4.78, 5) is 10.6. The smallest absolute Gasteiger partial charge is 0.342 e. The summed E-state index contributed by atoms with van der Waals surface area (Å²) in [5.41, 5.74) is -0.726. The van der Waals surface area contributed by atoms with Crippen molar-refractivity contribution in [3.05, 3.63) is 47.8 Å². The standard InChI is InChI=1S/C10H6F2N2O2/c11-7-3-1-2-4-8(7)14-9(12)6(5-13-14)10(15)16/h1-5H,(H,15,16). The molecule has 0 unspecified atom stereocenters. The summed E-state index contributed by atoms with van der Waals surface area (Å²) in [6.45, 7) is 0. The molecule has 4 nitrogen and oxygen atoms in total. The van der Waals surface area contributed by atoms with Crippen LogP contribution >= 0.6 is 0 Å². The lowest BCUT2D eigenvalue weighted by atomic mass is 10.3. The molecule has 0 aliphatic carbocycles. The number of benzene rings is 1. The van der Waals surface area contributed by atoms with Crippen LogP contribution in [0.2, 0.25) is 0 Å². The van der Waals surface area contributed by atoms with Crippen LogP contribution in [0.5, 0.6) is 0 Å². The number of halogens is 2. The molecule has 0 saturated heterocycles. The van der Waals surface area contributed by atoms with Crippen LogP contribution in [-0.2, 0) is 0 Å². The second-order valence-corrected chi connectivity index (χ2v) is 3.02. The van der Waals surface area contributed by atoms with Gasteiger partial charge in [-0.25, -0.2) is 13.9 Å². The molecule has 2 aromatic rings. The van der Waals surface area contributed by atoms with Gasteiger partial charge in [0.2, 0.25) is 5.95 Å². The molecule has 1 heterocycles. The fourth-order valence-corrected chi connectivity index (χ4v) is 1.27. The van der Waals surface area contributed by atoms with E-state index >= 15 is 0 Å². The summed E-state index contributed by atoms with van der Waals surface area (Å²) in [5.74, 6) is -3.22. The van der Waals surface area contributed by atoms with Gasteiger partial charge in [-0.1, -0.05) is 12.1 Å². The summed E-state index contributed by atoms with van der Waals surface area (Å²) in [7, 11) is 0. The molecular formula is C10H6F2N2O2. The van der Waals surface area contributed by atoms with E-state index in [2.05, 4.69) is 5.10 Å². The molecule has 0 amide bonds. The van der Waals surface area contributed by atoms with E-state index in [0.29, 0.717) is 4.68 Å². The molecule has 1 aromatic carbocycles. The van der Waals surface area contributed by atoms with Crippen LogP contribution in [0, 0.1) is 11.8 Å². The maximum atomic E-state index is 13.5. The predicted octanol–water partition coefficient (Wildman–Crippen LogP) is 1.85. The first-order valence-corrected chi connectivity index (χ1v) is 4.33. The van der Waals surface area contributed by atoms with E-state index in [-0.39, 0.29) is 5.69 Å². The number of carbonyl (C=O) groups is 1. The number of carboxylic acids is 1. The molecule has 0 fully saturated rings. The Labute approximate surface area is 88.7 Å². The summed E-state index contributed by atoms with van der Waals surface area (Å²) in [6.07, 6.45) is 0.837. The fraction of sp³-hybridized carbons (Fsp3) is 0. The Kier molecular flexibility index (Phi) is 2.40. The van der Waals surface area contributed by atoms with Crippen molar-refractivity contribution in [1.29, 1.82) is 0 Å². The Hall–Kier alpha value is -2.24. The Morgan fingerprint density at radius 1 is 1.31 bits per heavy atom. The van der Waals surface area contributed by atoms with Gasteiger partial charge in [-0.15, -0.1) is 0 Å². The van der Waals surface area contributed by atoms with Gasteiger partial charge in [0.05, 0.1) is 6.20 Å². The molecule has 0 radical (unpaired) electrons. The van der Waals surface area contributed by atoms with Crippen LogP contribution in [0.25, 0.3) is 5.69 Å². The molecule has 0 atom stereocenters. The molecular weight excluding hydrogens is 218 g/mol. The highest BCUT2D eigenvalue weighted by Gasteiger charge is 2.18. The molecule has 16 heavy (non-hydrogen) atoms. The second-order valence-electron chi connectivity index (χ2n) is 3.02. The molecule has 0 bridgehead atoms. The Morgan fingerprint density at radius 2 is 2.00 bits per heavy atom. The van der Waals surface area contributed by atoms with E-state index in [4.69, 9.17) is 5.11 Å². The summed E-state index contributed by atoms with van der Waals surface area (Å²) in [6, 6.07) is 5.38. The highest BCUT2D eigenvalue weighted by Crippen LogP contribution is 2.16. The summed E-state index contributed by atoms with van der Waals surface area (Å²) < 4.78 is 27.4. The minimum Gasteiger partial charge on any atom is -0.477 e. The monoisotopic (exact) mass is 224 g/mol. The third-order valence-corrected chi connectivity index (χ3v) is 2.02. The van der Waals surface area contributed by atoms with Crippen molar-refractivity contribution in [3.8, 4) is 5.69 Å². The van der Waals surface area contributed by atoms with Gasteiger partial charge in [-0.3, -0.25) is 0 Å². The lowest BCUT2D eigenvalue weighted by Gasteiger charge is -2.02.